The van der Waals surface area contributed by atoms with Crippen molar-refractivity contribution in [3.05, 3.63) is 65.5 Å². The first-order chi connectivity index (χ1) is 12.2. The predicted molar refractivity (Wildman–Crippen MR) is 92.8 cm³/mol. The highest BCUT2D eigenvalue weighted by Crippen LogP contribution is 2.23. The van der Waals surface area contributed by atoms with Crippen LogP contribution in [0, 0.1) is 5.82 Å². The summed E-state index contributed by atoms with van der Waals surface area (Å²) >= 11 is 0. The van der Waals surface area contributed by atoms with Crippen molar-refractivity contribution in [2.45, 2.75) is 5.92 Å². The zero-order valence-electron chi connectivity index (χ0n) is 14.3. The lowest BCUT2D eigenvalue weighted by Crippen LogP contribution is -3.14. The zero-order chi connectivity index (χ0) is 17.6. The second kappa shape index (κ2) is 8.23. The van der Waals surface area contributed by atoms with E-state index < -0.39 is 5.82 Å². The number of morpholine rings is 1. The molecule has 132 valence electrons. The van der Waals surface area contributed by atoms with Gasteiger partial charge < -0.3 is 14.4 Å². The fourth-order valence-corrected chi connectivity index (χ4v) is 3.22. The van der Waals surface area contributed by atoms with E-state index in [1.54, 1.807) is 6.07 Å². The van der Waals surface area contributed by atoms with Crippen LogP contribution in [0.15, 0.2) is 48.5 Å². The third-order valence-corrected chi connectivity index (χ3v) is 4.65. The molecule has 0 aromatic heterocycles. The Bertz CT molecular complexity index is 714. The quantitative estimate of drug-likeness (QED) is 0.811. The summed E-state index contributed by atoms with van der Waals surface area (Å²) in [5.41, 5.74) is 1.34. The van der Waals surface area contributed by atoms with Crippen LogP contribution in [-0.2, 0) is 4.74 Å². The van der Waals surface area contributed by atoms with Crippen LogP contribution in [0.25, 0.3) is 0 Å². The van der Waals surface area contributed by atoms with Gasteiger partial charge in [0.2, 0.25) is 0 Å². The molecule has 0 spiro atoms. The summed E-state index contributed by atoms with van der Waals surface area (Å²) in [6.45, 7) is 3.87. The average molecular weight is 344 g/mol. The lowest BCUT2D eigenvalue weighted by Gasteiger charge is -2.27. The van der Waals surface area contributed by atoms with E-state index in [1.165, 1.54) is 24.1 Å². The summed E-state index contributed by atoms with van der Waals surface area (Å²) in [5.74, 6) is -0.737. The molecule has 1 aliphatic rings. The molecule has 0 amide bonds. The summed E-state index contributed by atoms with van der Waals surface area (Å²) < 4.78 is 24.4. The highest BCUT2D eigenvalue weighted by Gasteiger charge is 2.28. The zero-order valence-corrected chi connectivity index (χ0v) is 14.3. The molecule has 5 heteroatoms. The number of hydrogen-bond donors (Lipinski definition) is 1. The van der Waals surface area contributed by atoms with E-state index in [-0.39, 0.29) is 17.5 Å². The smallest absolute Gasteiger partial charge is 0.176 e. The number of carbonyl (C=O) groups excluding carboxylic acids is 1. The first kappa shape index (κ1) is 17.6. The Morgan fingerprint density at radius 3 is 2.56 bits per heavy atom. The minimum atomic E-state index is -0.515. The Morgan fingerprint density at radius 2 is 1.92 bits per heavy atom. The number of carbonyl (C=O) groups is 1. The van der Waals surface area contributed by atoms with E-state index >= 15 is 0 Å². The van der Waals surface area contributed by atoms with Gasteiger partial charge in [0.15, 0.2) is 17.3 Å². The van der Waals surface area contributed by atoms with E-state index in [1.807, 2.05) is 30.3 Å². The van der Waals surface area contributed by atoms with E-state index in [2.05, 4.69) is 0 Å². The van der Waals surface area contributed by atoms with Crippen LogP contribution in [0.2, 0.25) is 0 Å². The Hall–Kier alpha value is -2.24. The number of benzene rings is 2. The molecule has 0 bridgehead atoms. The van der Waals surface area contributed by atoms with Crippen LogP contribution in [0.1, 0.15) is 21.8 Å². The molecule has 0 saturated carbocycles. The third-order valence-electron chi connectivity index (χ3n) is 4.65. The summed E-state index contributed by atoms with van der Waals surface area (Å²) in [5, 5.41) is 0. The lowest BCUT2D eigenvalue weighted by atomic mass is 9.90. The number of Topliss-reactive ketones (excluding diaryl/α,β-unsaturated/α-hetero) is 1. The van der Waals surface area contributed by atoms with E-state index in [9.17, 15) is 9.18 Å². The Balaban J connectivity index is 1.87. The summed E-state index contributed by atoms with van der Waals surface area (Å²) in [6.07, 6.45) is 0. The summed E-state index contributed by atoms with van der Waals surface area (Å²) in [4.78, 5) is 14.5. The standard InChI is InChI=1S/C20H22FNO3/c1-24-19-8-7-16(13-18(19)21)20(23)17(15-5-3-2-4-6-15)14-22-9-11-25-12-10-22/h2-8,13,17H,9-12,14H2,1H3/p+1/t17-/m0/s1. The molecule has 1 fully saturated rings. The van der Waals surface area contributed by atoms with Gasteiger partial charge in [0.1, 0.15) is 13.1 Å². The van der Waals surface area contributed by atoms with Crippen LogP contribution in [-0.4, -0.2) is 45.7 Å². The molecule has 1 aliphatic heterocycles. The predicted octanol–water partition coefficient (Wildman–Crippen LogP) is 1.72. The van der Waals surface area contributed by atoms with Crippen molar-refractivity contribution in [2.24, 2.45) is 0 Å². The molecule has 3 rings (SSSR count). The number of methoxy groups -OCH3 is 1. The topological polar surface area (TPSA) is 40.0 Å². The largest absolute Gasteiger partial charge is 0.494 e. The monoisotopic (exact) mass is 344 g/mol. The highest BCUT2D eigenvalue weighted by atomic mass is 19.1. The molecular weight excluding hydrogens is 321 g/mol. The van der Waals surface area contributed by atoms with Crippen molar-refractivity contribution in [3.8, 4) is 5.75 Å². The Kier molecular flexibility index (Phi) is 5.79. The maximum absolute atomic E-state index is 14.0. The molecule has 0 radical (unpaired) electrons. The van der Waals surface area contributed by atoms with Crippen molar-refractivity contribution in [3.63, 3.8) is 0 Å². The first-order valence-corrected chi connectivity index (χ1v) is 8.53. The van der Waals surface area contributed by atoms with Gasteiger partial charge in [0.05, 0.1) is 32.8 Å². The number of ether oxygens (including phenoxy) is 2. The van der Waals surface area contributed by atoms with Crippen LogP contribution in [0.4, 0.5) is 4.39 Å². The Morgan fingerprint density at radius 1 is 1.20 bits per heavy atom. The van der Waals surface area contributed by atoms with Gasteiger partial charge in [-0.25, -0.2) is 4.39 Å². The molecule has 1 saturated heterocycles. The van der Waals surface area contributed by atoms with Crippen LogP contribution >= 0.6 is 0 Å². The molecule has 25 heavy (non-hydrogen) atoms. The number of hydrogen-bond acceptors (Lipinski definition) is 3. The van der Waals surface area contributed by atoms with Crippen molar-refractivity contribution >= 4 is 5.78 Å². The molecule has 1 heterocycles. The van der Waals surface area contributed by atoms with Gasteiger partial charge in [-0.05, 0) is 23.8 Å². The highest BCUT2D eigenvalue weighted by molar-refractivity contribution is 6.01. The molecule has 1 atom stereocenters. The van der Waals surface area contributed by atoms with Gasteiger partial charge in [-0.3, -0.25) is 4.79 Å². The lowest BCUT2D eigenvalue weighted by molar-refractivity contribution is -0.908. The Labute approximate surface area is 147 Å². The first-order valence-electron chi connectivity index (χ1n) is 8.53. The van der Waals surface area contributed by atoms with Gasteiger partial charge in [0.25, 0.3) is 0 Å². The molecular formula is C20H23FNO3+. The molecule has 1 N–H and O–H groups in total. The van der Waals surface area contributed by atoms with Crippen molar-refractivity contribution in [2.75, 3.05) is 40.0 Å². The molecule has 0 unspecified atom stereocenters. The van der Waals surface area contributed by atoms with Crippen molar-refractivity contribution in [1.29, 1.82) is 0 Å². The summed E-state index contributed by atoms with van der Waals surface area (Å²) in [7, 11) is 1.41. The van der Waals surface area contributed by atoms with Gasteiger partial charge in [-0.15, -0.1) is 0 Å². The van der Waals surface area contributed by atoms with Gasteiger partial charge in [-0.2, -0.15) is 0 Å². The number of halogens is 1. The normalized spacial score (nSPS) is 16.4. The van der Waals surface area contributed by atoms with E-state index in [0.717, 1.165) is 18.7 Å². The number of nitrogens with one attached hydrogen (secondary N) is 1. The minimum Gasteiger partial charge on any atom is -0.494 e. The fourth-order valence-electron chi connectivity index (χ4n) is 3.22. The average Bonchev–Trinajstić information content (AvgIpc) is 2.67. The maximum Gasteiger partial charge on any atom is 0.176 e. The van der Waals surface area contributed by atoms with E-state index in [4.69, 9.17) is 9.47 Å². The van der Waals surface area contributed by atoms with Crippen LogP contribution in [0.5, 0.6) is 5.75 Å². The van der Waals surface area contributed by atoms with Crippen LogP contribution in [0.3, 0.4) is 0 Å². The third kappa shape index (κ3) is 4.24. The molecule has 4 nitrogen and oxygen atoms in total. The van der Waals surface area contributed by atoms with Gasteiger partial charge >= 0.3 is 0 Å². The SMILES string of the molecule is COc1ccc(C(=O)[C@@H](C[NH+]2CCOCC2)c2ccccc2)cc1F. The fraction of sp³-hybridized carbons (Fsp3) is 0.350. The number of rotatable bonds is 6. The minimum absolute atomic E-state index is 0.0632. The maximum atomic E-state index is 14.0. The van der Waals surface area contributed by atoms with Gasteiger partial charge in [-0.1, -0.05) is 30.3 Å². The molecule has 2 aromatic rings. The number of quaternary nitrogens is 1. The summed E-state index contributed by atoms with van der Waals surface area (Å²) in [6, 6.07) is 14.1. The van der Waals surface area contributed by atoms with Crippen molar-refractivity contribution in [1.82, 2.24) is 0 Å². The molecule has 0 aliphatic carbocycles. The van der Waals surface area contributed by atoms with Gasteiger partial charge in [0, 0.05) is 5.56 Å². The second-order valence-electron chi connectivity index (χ2n) is 6.24. The number of ketones is 1. The van der Waals surface area contributed by atoms with Crippen molar-refractivity contribution < 1.29 is 23.6 Å². The second-order valence-corrected chi connectivity index (χ2v) is 6.24. The van der Waals surface area contributed by atoms with Crippen LogP contribution < -0.4 is 9.64 Å². The molecule has 2 aromatic carbocycles. The van der Waals surface area contributed by atoms with E-state index in [0.29, 0.717) is 25.3 Å².